The highest BCUT2D eigenvalue weighted by Crippen LogP contribution is 2.22. The first-order valence-electron chi connectivity index (χ1n) is 9.81. The van der Waals surface area contributed by atoms with Crippen LogP contribution in [-0.2, 0) is 26.1 Å². The van der Waals surface area contributed by atoms with Crippen molar-refractivity contribution in [1.82, 2.24) is 9.46 Å². The van der Waals surface area contributed by atoms with Gasteiger partial charge in [0.25, 0.3) is 0 Å². The fourth-order valence-electron chi connectivity index (χ4n) is 3.16. The molecule has 1 aromatic heterocycles. The zero-order valence-corrected chi connectivity index (χ0v) is 17.8. The predicted octanol–water partition coefficient (Wildman–Crippen LogP) is 3.03. The summed E-state index contributed by atoms with van der Waals surface area (Å²) in [5.41, 5.74) is 2.76. The van der Waals surface area contributed by atoms with E-state index in [1.165, 1.54) is 28.6 Å². The topological polar surface area (TPSA) is 98.9 Å². The van der Waals surface area contributed by atoms with Crippen molar-refractivity contribution in [3.63, 3.8) is 0 Å². The normalized spacial score (nSPS) is 15.0. The molecule has 4 rings (SSSR count). The summed E-state index contributed by atoms with van der Waals surface area (Å²) >= 11 is 0. The van der Waals surface area contributed by atoms with Crippen molar-refractivity contribution >= 4 is 16.0 Å². The Bertz CT molecular complexity index is 1150. The third-order valence-corrected chi connectivity index (χ3v) is 6.86. The van der Waals surface area contributed by atoms with Gasteiger partial charge >= 0.3 is 5.97 Å². The quantitative estimate of drug-likeness (QED) is 0.541. The zero-order valence-electron chi connectivity index (χ0n) is 17.0. The average Bonchev–Trinajstić information content (AvgIpc) is 3.28. The number of aryl methyl sites for hydroxylation is 1. The van der Waals surface area contributed by atoms with Crippen LogP contribution in [0.15, 0.2) is 64.0 Å². The summed E-state index contributed by atoms with van der Waals surface area (Å²) in [5, 5.41) is 3.93. The van der Waals surface area contributed by atoms with E-state index in [4.69, 9.17) is 14.0 Å². The minimum Gasteiger partial charge on any atom is -0.455 e. The van der Waals surface area contributed by atoms with E-state index in [0.29, 0.717) is 37.8 Å². The van der Waals surface area contributed by atoms with Gasteiger partial charge in [0.2, 0.25) is 10.0 Å². The van der Waals surface area contributed by atoms with Gasteiger partial charge in [-0.2, -0.15) is 4.31 Å². The highest BCUT2D eigenvalue weighted by Gasteiger charge is 2.26. The Morgan fingerprint density at radius 1 is 1.06 bits per heavy atom. The van der Waals surface area contributed by atoms with E-state index < -0.39 is 16.0 Å². The van der Waals surface area contributed by atoms with Crippen molar-refractivity contribution in [2.24, 2.45) is 0 Å². The van der Waals surface area contributed by atoms with Crippen LogP contribution in [0.2, 0.25) is 0 Å². The van der Waals surface area contributed by atoms with Gasteiger partial charge in [-0.15, -0.1) is 0 Å². The van der Waals surface area contributed by atoms with Gasteiger partial charge in [-0.3, -0.25) is 0 Å². The molecule has 1 saturated heterocycles. The van der Waals surface area contributed by atoms with Gasteiger partial charge in [0.05, 0.1) is 23.7 Å². The molecular formula is C22H22N2O6S. The lowest BCUT2D eigenvalue weighted by Gasteiger charge is -2.26. The molecule has 0 saturated carbocycles. The summed E-state index contributed by atoms with van der Waals surface area (Å²) < 4.78 is 42.5. The third kappa shape index (κ3) is 4.84. The predicted molar refractivity (Wildman–Crippen MR) is 112 cm³/mol. The van der Waals surface area contributed by atoms with Crippen molar-refractivity contribution in [3.05, 3.63) is 71.4 Å². The number of hydrogen-bond acceptors (Lipinski definition) is 7. The molecule has 0 radical (unpaired) electrons. The minimum atomic E-state index is -3.61. The van der Waals surface area contributed by atoms with Crippen molar-refractivity contribution in [2.75, 3.05) is 26.3 Å². The van der Waals surface area contributed by atoms with Crippen LogP contribution in [0.5, 0.6) is 0 Å². The van der Waals surface area contributed by atoms with Crippen molar-refractivity contribution < 1.29 is 27.2 Å². The monoisotopic (exact) mass is 442 g/mol. The first-order chi connectivity index (χ1) is 14.9. The molecule has 162 valence electrons. The molecule has 2 heterocycles. The second-order valence-corrected chi connectivity index (χ2v) is 9.10. The Labute approximate surface area is 180 Å². The molecule has 0 aliphatic carbocycles. The van der Waals surface area contributed by atoms with Crippen molar-refractivity contribution in [2.45, 2.75) is 18.4 Å². The molecule has 0 spiro atoms. The summed E-state index contributed by atoms with van der Waals surface area (Å²) in [6, 6.07) is 15.2. The van der Waals surface area contributed by atoms with Crippen LogP contribution in [-0.4, -0.2) is 50.2 Å². The first kappa shape index (κ1) is 21.2. The van der Waals surface area contributed by atoms with Crippen LogP contribution >= 0.6 is 0 Å². The standard InChI is InChI=1S/C22H22N2O6S/c1-16-2-4-17(5-3-16)21-14-19(23-30-21)15-29-22(25)18-6-8-20(9-7-18)31(26,27)24-10-12-28-13-11-24/h2-9,14H,10-13,15H2,1H3. The number of aromatic nitrogens is 1. The molecule has 0 N–H and O–H groups in total. The summed E-state index contributed by atoms with van der Waals surface area (Å²) in [4.78, 5) is 12.5. The van der Waals surface area contributed by atoms with Crippen LogP contribution in [0.3, 0.4) is 0 Å². The Morgan fingerprint density at radius 3 is 2.42 bits per heavy atom. The molecule has 8 nitrogen and oxygen atoms in total. The second-order valence-electron chi connectivity index (χ2n) is 7.17. The van der Waals surface area contributed by atoms with Crippen LogP contribution < -0.4 is 0 Å². The molecular weight excluding hydrogens is 420 g/mol. The van der Waals surface area contributed by atoms with Gasteiger partial charge in [-0.05, 0) is 31.2 Å². The lowest BCUT2D eigenvalue weighted by atomic mass is 10.1. The number of nitrogens with zero attached hydrogens (tertiary/aromatic N) is 2. The van der Waals surface area contributed by atoms with Crippen LogP contribution in [0.25, 0.3) is 11.3 Å². The van der Waals surface area contributed by atoms with Crippen molar-refractivity contribution in [3.8, 4) is 11.3 Å². The molecule has 31 heavy (non-hydrogen) atoms. The minimum absolute atomic E-state index is 0.0535. The van der Waals surface area contributed by atoms with Gasteiger partial charge in [0.1, 0.15) is 12.3 Å². The molecule has 1 aliphatic rings. The maximum atomic E-state index is 12.7. The molecule has 0 atom stereocenters. The molecule has 1 fully saturated rings. The Morgan fingerprint density at radius 2 is 1.74 bits per heavy atom. The fourth-order valence-corrected chi connectivity index (χ4v) is 4.56. The molecule has 0 bridgehead atoms. The van der Waals surface area contributed by atoms with Gasteiger partial charge in [-0.25, -0.2) is 13.2 Å². The molecule has 3 aromatic rings. The highest BCUT2D eigenvalue weighted by atomic mass is 32.2. The number of hydrogen-bond donors (Lipinski definition) is 0. The van der Waals surface area contributed by atoms with Crippen LogP contribution in [0, 0.1) is 6.92 Å². The molecule has 2 aromatic carbocycles. The van der Waals surface area contributed by atoms with E-state index in [2.05, 4.69) is 5.16 Å². The number of ether oxygens (including phenoxy) is 2. The van der Waals surface area contributed by atoms with E-state index in [1.807, 2.05) is 31.2 Å². The third-order valence-electron chi connectivity index (χ3n) is 4.94. The Hall–Kier alpha value is -3.01. The lowest BCUT2D eigenvalue weighted by Crippen LogP contribution is -2.40. The lowest BCUT2D eigenvalue weighted by molar-refractivity contribution is 0.0464. The zero-order chi connectivity index (χ0) is 21.8. The highest BCUT2D eigenvalue weighted by molar-refractivity contribution is 7.89. The van der Waals surface area contributed by atoms with E-state index >= 15 is 0 Å². The summed E-state index contributed by atoms with van der Waals surface area (Å²) in [6.45, 7) is 3.32. The SMILES string of the molecule is Cc1ccc(-c2cc(COC(=O)c3ccc(S(=O)(=O)N4CCOCC4)cc3)no2)cc1. The number of morpholine rings is 1. The largest absolute Gasteiger partial charge is 0.455 e. The van der Waals surface area contributed by atoms with E-state index in [9.17, 15) is 13.2 Å². The number of rotatable bonds is 6. The Kier molecular flexibility index (Phi) is 6.17. The summed E-state index contributed by atoms with van der Waals surface area (Å²) in [7, 11) is -3.61. The second kappa shape index (κ2) is 9.01. The van der Waals surface area contributed by atoms with E-state index in [0.717, 1.165) is 11.1 Å². The molecule has 9 heteroatoms. The van der Waals surface area contributed by atoms with Gasteiger partial charge in [-0.1, -0.05) is 35.0 Å². The maximum Gasteiger partial charge on any atom is 0.338 e. The van der Waals surface area contributed by atoms with Gasteiger partial charge in [0.15, 0.2) is 5.76 Å². The van der Waals surface area contributed by atoms with Crippen molar-refractivity contribution in [1.29, 1.82) is 0 Å². The van der Waals surface area contributed by atoms with Gasteiger partial charge in [0, 0.05) is 24.7 Å². The smallest absolute Gasteiger partial charge is 0.338 e. The van der Waals surface area contributed by atoms with E-state index in [-0.39, 0.29) is 17.1 Å². The summed E-state index contributed by atoms with van der Waals surface area (Å²) in [5.74, 6) is 0.0129. The Balaban J connectivity index is 1.37. The number of esters is 1. The number of carbonyl (C=O) groups excluding carboxylic acids is 1. The molecule has 0 unspecified atom stereocenters. The molecule has 0 amide bonds. The fraction of sp³-hybridized carbons (Fsp3) is 0.273. The number of sulfonamides is 1. The average molecular weight is 442 g/mol. The first-order valence-corrected chi connectivity index (χ1v) is 11.3. The van der Waals surface area contributed by atoms with E-state index in [1.54, 1.807) is 6.07 Å². The number of benzene rings is 2. The van der Waals surface area contributed by atoms with Crippen LogP contribution in [0.1, 0.15) is 21.6 Å². The van der Waals surface area contributed by atoms with Gasteiger partial charge < -0.3 is 14.0 Å². The molecule has 1 aliphatic heterocycles. The maximum absolute atomic E-state index is 12.7. The van der Waals surface area contributed by atoms with Crippen LogP contribution in [0.4, 0.5) is 0 Å². The summed E-state index contributed by atoms with van der Waals surface area (Å²) in [6.07, 6.45) is 0. The number of carbonyl (C=O) groups is 1.